The third kappa shape index (κ3) is 12.1. The molecule has 2 aromatic carbocycles. The first-order valence-corrected chi connectivity index (χ1v) is 14.1. The molecule has 0 fully saturated rings. The molecule has 112 valence electrons. The summed E-state index contributed by atoms with van der Waals surface area (Å²) in [6, 6.07) is 12.2. The molecule has 0 amide bonds. The van der Waals surface area contributed by atoms with Gasteiger partial charge in [-0.05, 0) is 0 Å². The van der Waals surface area contributed by atoms with Crippen molar-refractivity contribution in [1.82, 2.24) is 0 Å². The predicted octanol–water partition coefficient (Wildman–Crippen LogP) is -1.16. The van der Waals surface area contributed by atoms with Gasteiger partial charge in [0.2, 0.25) is 0 Å². The molecule has 0 aliphatic carbocycles. The van der Waals surface area contributed by atoms with Crippen molar-refractivity contribution in [3.8, 4) is 0 Å². The van der Waals surface area contributed by atoms with E-state index >= 15 is 0 Å². The van der Waals surface area contributed by atoms with Gasteiger partial charge in [-0.25, -0.2) is 12.1 Å². The second-order valence-corrected chi connectivity index (χ2v) is 17.5. The molecule has 0 saturated heterocycles. The fourth-order valence-corrected chi connectivity index (χ4v) is 1.45. The Balaban J connectivity index is -0.000000228. The van der Waals surface area contributed by atoms with Crippen molar-refractivity contribution in [3.63, 3.8) is 0 Å². The molecule has 0 bridgehead atoms. The van der Waals surface area contributed by atoms with Crippen molar-refractivity contribution < 1.29 is 47.8 Å². The summed E-state index contributed by atoms with van der Waals surface area (Å²) in [5.74, 6) is 0. The molecule has 2 rings (SSSR count). The van der Waals surface area contributed by atoms with Gasteiger partial charge in [-0.3, -0.25) is 0 Å². The maximum Gasteiger partial charge on any atom is -0.0630 e. The van der Waals surface area contributed by atoms with Crippen molar-refractivity contribution in [2.45, 2.75) is 40.8 Å². The molecule has 0 heterocycles. The zero-order valence-electron chi connectivity index (χ0n) is 13.2. The normalized spacial score (nSPS) is 8.00. The van der Waals surface area contributed by atoms with Gasteiger partial charge in [-0.2, -0.15) is 46.5 Å². The van der Waals surface area contributed by atoms with E-state index < -0.39 is 0 Å². The fraction of sp³-hybridized carbons (Fsp3) is 0.375. The van der Waals surface area contributed by atoms with Crippen LogP contribution in [0.2, 0.25) is 13.1 Å². The molecule has 0 N–H and O–H groups in total. The van der Waals surface area contributed by atoms with Crippen LogP contribution in [0.15, 0.2) is 36.4 Å². The van der Waals surface area contributed by atoms with Gasteiger partial charge in [0.25, 0.3) is 0 Å². The van der Waals surface area contributed by atoms with Crippen molar-refractivity contribution >= 4 is 5.49 Å². The molecule has 0 unspecified atom stereocenters. The molecule has 0 saturated carbocycles. The number of hydrogen-bond acceptors (Lipinski definition) is 0. The first-order valence-electron chi connectivity index (χ1n) is 6.24. The summed E-state index contributed by atoms with van der Waals surface area (Å²) in [7, 11) is 0. The van der Waals surface area contributed by atoms with Crippen LogP contribution in [-0.4, -0.2) is 5.49 Å². The number of halogens is 2. The minimum absolute atomic E-state index is 0. The topological polar surface area (TPSA) is 0 Å². The summed E-state index contributed by atoms with van der Waals surface area (Å²) in [5.41, 5.74) is 6.00. The monoisotopic (exact) mass is 494 g/mol. The van der Waals surface area contributed by atoms with E-state index in [1.54, 1.807) is 0 Å². The average molecular weight is 494 g/mol. The molecule has 0 aliphatic heterocycles. The molecular weight excluding hydrogens is 470 g/mol. The van der Waals surface area contributed by atoms with Crippen LogP contribution in [0.25, 0.3) is 0 Å². The van der Waals surface area contributed by atoms with Crippen molar-refractivity contribution in [3.05, 3.63) is 58.7 Å². The molecule has 0 aromatic heterocycles. The average Bonchev–Trinajstić information content (AvgIpc) is 2.89. The van der Waals surface area contributed by atoms with Gasteiger partial charge in [0, 0.05) is 0 Å². The van der Waals surface area contributed by atoms with Gasteiger partial charge in [0.05, 0.1) is 0 Å². The predicted molar refractivity (Wildman–Crippen MR) is 80.5 cm³/mol. The third-order valence-corrected chi connectivity index (χ3v) is 2.73. The molecule has 4 heteroatoms. The van der Waals surface area contributed by atoms with Gasteiger partial charge < -0.3 is 24.8 Å². The van der Waals surface area contributed by atoms with Crippen LogP contribution >= 0.6 is 0 Å². The van der Waals surface area contributed by atoms with E-state index in [0.29, 0.717) is 0 Å². The zero-order chi connectivity index (χ0) is 14.1. The first kappa shape index (κ1) is 25.3. The third-order valence-electron chi connectivity index (χ3n) is 2.73. The van der Waals surface area contributed by atoms with E-state index in [0.717, 1.165) is 0 Å². The minimum Gasteiger partial charge on any atom is -1.00 e. The Hall–Kier alpha value is 0.367. The van der Waals surface area contributed by atoms with Crippen molar-refractivity contribution in [2.24, 2.45) is 0 Å². The number of hydrogen-bond donors (Lipinski definition) is 0. The SMILES string of the molecule is C[Si](C)=[Hf+2].Cc1c[c-](C)c(C)c1C.[Cl-].[Cl-].c1cc[cH-]c1. The van der Waals surface area contributed by atoms with E-state index in [1.165, 1.54) is 45.3 Å². The summed E-state index contributed by atoms with van der Waals surface area (Å²) in [4.78, 5) is 0. The maximum atomic E-state index is 2.33. The molecule has 0 atom stereocenters. The molecule has 0 spiro atoms. The van der Waals surface area contributed by atoms with Gasteiger partial charge in [0.15, 0.2) is 0 Å². The molecule has 0 nitrogen and oxygen atoms in total. The molecule has 20 heavy (non-hydrogen) atoms. The Labute approximate surface area is 152 Å². The summed E-state index contributed by atoms with van der Waals surface area (Å²) < 4.78 is 0. The van der Waals surface area contributed by atoms with Crippen LogP contribution in [0, 0.1) is 27.7 Å². The van der Waals surface area contributed by atoms with Crippen molar-refractivity contribution in [2.75, 3.05) is 0 Å². The molecule has 2 aromatic rings. The first-order chi connectivity index (χ1) is 8.36. The van der Waals surface area contributed by atoms with Gasteiger partial charge in [0.1, 0.15) is 0 Å². The Bertz CT molecular complexity index is 415. The summed E-state index contributed by atoms with van der Waals surface area (Å²) in [6.07, 6.45) is 0. The van der Waals surface area contributed by atoms with E-state index in [9.17, 15) is 0 Å². The van der Waals surface area contributed by atoms with Crippen LogP contribution in [0.3, 0.4) is 0 Å². The van der Waals surface area contributed by atoms with Gasteiger partial charge >= 0.3 is 41.6 Å². The van der Waals surface area contributed by atoms with Crippen LogP contribution in [0.5, 0.6) is 0 Å². The van der Waals surface area contributed by atoms with Gasteiger partial charge in [-0.1, -0.05) is 27.7 Å². The smallest absolute Gasteiger partial charge is 0.0630 e. The molecular formula is C16H24Cl2HfSi-2. The van der Waals surface area contributed by atoms with E-state index in [-0.39, 0.29) is 30.3 Å². The summed E-state index contributed by atoms with van der Waals surface area (Å²) >= 11 is 1.45. The van der Waals surface area contributed by atoms with Crippen LogP contribution in [0.4, 0.5) is 0 Å². The molecule has 0 radical (unpaired) electrons. The standard InChI is InChI=1S/C9H13.C5H5.C2H6Si.2ClH.Hf/c1-6-5-7(2)9(4)8(6)3;1-2-4-5-3-1;1-3-2;;;/h5H,1-4H3;1-5H;1-2H3;2*1H;/q2*-1;;;;+2/p-2. The second-order valence-electron chi connectivity index (χ2n) is 4.72. The van der Waals surface area contributed by atoms with E-state index in [2.05, 4.69) is 46.9 Å². The quantitative estimate of drug-likeness (QED) is 0.321. The number of aryl methyl sites for hydroxylation is 2. The Morgan fingerprint density at radius 2 is 1.45 bits per heavy atom. The van der Waals surface area contributed by atoms with E-state index in [1.807, 2.05) is 30.3 Å². The minimum atomic E-state index is 0. The molecule has 0 aliphatic rings. The Morgan fingerprint density at radius 1 is 1.05 bits per heavy atom. The largest absolute Gasteiger partial charge is 1.00 e. The second kappa shape index (κ2) is 14.3. The maximum absolute atomic E-state index is 2.33. The van der Waals surface area contributed by atoms with Crippen molar-refractivity contribution in [1.29, 1.82) is 0 Å². The Morgan fingerprint density at radius 3 is 1.55 bits per heavy atom. The van der Waals surface area contributed by atoms with Crippen LogP contribution in [-0.2, 0) is 23.0 Å². The summed E-state index contributed by atoms with van der Waals surface area (Å²) in [6.45, 7) is 13.3. The zero-order valence-corrected chi connectivity index (χ0v) is 19.3. The van der Waals surface area contributed by atoms with Crippen LogP contribution in [0.1, 0.15) is 22.3 Å². The van der Waals surface area contributed by atoms with Crippen LogP contribution < -0.4 is 24.8 Å². The Kier molecular flexibility index (Phi) is 18.1. The van der Waals surface area contributed by atoms with Gasteiger partial charge in [-0.15, -0.1) is 0 Å². The van der Waals surface area contributed by atoms with E-state index in [4.69, 9.17) is 0 Å². The number of rotatable bonds is 0. The fourth-order valence-electron chi connectivity index (χ4n) is 1.45. The summed E-state index contributed by atoms with van der Waals surface area (Å²) in [5, 5.41) is 0.